The smallest absolute Gasteiger partial charge is 0.224 e. The Kier molecular flexibility index (Phi) is 6.79. The van der Waals surface area contributed by atoms with Crippen LogP contribution >= 0.6 is 23.2 Å². The lowest BCUT2D eigenvalue weighted by Crippen LogP contribution is -2.37. The van der Waals surface area contributed by atoms with Gasteiger partial charge >= 0.3 is 0 Å². The third-order valence-corrected chi connectivity index (χ3v) is 5.38. The molecule has 1 aromatic heterocycles. The van der Waals surface area contributed by atoms with Gasteiger partial charge in [-0.2, -0.15) is 4.98 Å². The Balaban J connectivity index is 1.48. The van der Waals surface area contributed by atoms with Crippen molar-refractivity contribution in [2.45, 2.75) is 51.2 Å². The molecule has 0 saturated heterocycles. The standard InChI is InChI=1S/C20H27Cl2N5/c1-13-11-24-20(26-19(13)27(2)3)25-18-6-4-17(5-7-18)23-12-14-8-15(21)10-16(22)9-14/h8-11,17-18,23H,4-7,12H2,1-3H3,(H,24,25,26). The van der Waals surface area contributed by atoms with Gasteiger partial charge in [0, 0.05) is 54.5 Å². The quantitative estimate of drug-likeness (QED) is 0.728. The highest BCUT2D eigenvalue weighted by Gasteiger charge is 2.21. The number of benzene rings is 1. The molecule has 3 rings (SSSR count). The van der Waals surface area contributed by atoms with E-state index in [1.807, 2.05) is 44.2 Å². The second kappa shape index (κ2) is 9.09. The van der Waals surface area contributed by atoms with Crippen molar-refractivity contribution in [3.05, 3.63) is 45.6 Å². The van der Waals surface area contributed by atoms with Gasteiger partial charge in [0.1, 0.15) is 5.82 Å². The Morgan fingerprint density at radius 3 is 2.30 bits per heavy atom. The molecule has 1 aromatic carbocycles. The minimum absolute atomic E-state index is 0.418. The lowest BCUT2D eigenvalue weighted by atomic mass is 9.91. The van der Waals surface area contributed by atoms with Crippen LogP contribution in [0.2, 0.25) is 10.0 Å². The third kappa shape index (κ3) is 5.71. The minimum Gasteiger partial charge on any atom is -0.362 e. The van der Waals surface area contributed by atoms with E-state index in [0.717, 1.165) is 49.2 Å². The fraction of sp³-hybridized carbons (Fsp3) is 0.500. The molecule has 0 radical (unpaired) electrons. The van der Waals surface area contributed by atoms with E-state index in [2.05, 4.69) is 20.6 Å². The fourth-order valence-electron chi connectivity index (χ4n) is 3.55. The second-order valence-electron chi connectivity index (χ2n) is 7.45. The lowest BCUT2D eigenvalue weighted by Gasteiger charge is -2.30. The normalized spacial score (nSPS) is 19.7. The largest absolute Gasteiger partial charge is 0.362 e. The number of halogens is 2. The van der Waals surface area contributed by atoms with Crippen molar-refractivity contribution in [1.29, 1.82) is 0 Å². The van der Waals surface area contributed by atoms with Crippen LogP contribution in [0.1, 0.15) is 36.8 Å². The number of nitrogens with zero attached hydrogens (tertiary/aromatic N) is 3. The maximum atomic E-state index is 6.07. The Bertz CT molecular complexity index is 753. The predicted molar refractivity (Wildman–Crippen MR) is 114 cm³/mol. The first-order valence-electron chi connectivity index (χ1n) is 9.36. The average Bonchev–Trinajstić information content (AvgIpc) is 2.62. The molecule has 2 aromatic rings. The molecule has 0 amide bonds. The maximum absolute atomic E-state index is 6.07. The number of hydrogen-bond donors (Lipinski definition) is 2. The van der Waals surface area contributed by atoms with E-state index < -0.39 is 0 Å². The van der Waals surface area contributed by atoms with Crippen LogP contribution in [0.5, 0.6) is 0 Å². The zero-order chi connectivity index (χ0) is 19.4. The van der Waals surface area contributed by atoms with E-state index in [9.17, 15) is 0 Å². The molecule has 2 N–H and O–H groups in total. The summed E-state index contributed by atoms with van der Waals surface area (Å²) in [7, 11) is 4.01. The molecule has 1 heterocycles. The van der Waals surface area contributed by atoms with Gasteiger partial charge in [-0.3, -0.25) is 0 Å². The van der Waals surface area contributed by atoms with Crippen LogP contribution in [-0.2, 0) is 6.54 Å². The van der Waals surface area contributed by atoms with Gasteiger partial charge in [-0.05, 0) is 56.4 Å². The molecule has 1 saturated carbocycles. The van der Waals surface area contributed by atoms with E-state index in [-0.39, 0.29) is 0 Å². The molecule has 0 spiro atoms. The number of nitrogens with one attached hydrogen (secondary N) is 2. The molecule has 0 unspecified atom stereocenters. The van der Waals surface area contributed by atoms with Crippen LogP contribution in [0.4, 0.5) is 11.8 Å². The van der Waals surface area contributed by atoms with Crippen molar-refractivity contribution >= 4 is 35.0 Å². The van der Waals surface area contributed by atoms with Crippen LogP contribution < -0.4 is 15.5 Å². The topological polar surface area (TPSA) is 53.1 Å². The highest BCUT2D eigenvalue weighted by atomic mass is 35.5. The Morgan fingerprint density at radius 1 is 1.04 bits per heavy atom. The SMILES string of the molecule is Cc1cnc(NC2CCC(NCc3cc(Cl)cc(Cl)c3)CC2)nc1N(C)C. The van der Waals surface area contributed by atoms with Crippen molar-refractivity contribution in [3.8, 4) is 0 Å². The first-order valence-corrected chi connectivity index (χ1v) is 10.1. The summed E-state index contributed by atoms with van der Waals surface area (Å²) in [5, 5.41) is 8.49. The third-order valence-electron chi connectivity index (χ3n) is 4.95. The molecular formula is C20H27Cl2N5. The van der Waals surface area contributed by atoms with Gasteiger partial charge in [0.05, 0.1) is 0 Å². The Labute approximate surface area is 171 Å². The molecular weight excluding hydrogens is 381 g/mol. The minimum atomic E-state index is 0.418. The van der Waals surface area contributed by atoms with Gasteiger partial charge in [0.25, 0.3) is 0 Å². The number of anilines is 2. The molecule has 0 atom stereocenters. The van der Waals surface area contributed by atoms with Crippen molar-refractivity contribution in [3.63, 3.8) is 0 Å². The summed E-state index contributed by atoms with van der Waals surface area (Å²) in [6.07, 6.45) is 6.33. The van der Waals surface area contributed by atoms with Gasteiger partial charge in [-0.25, -0.2) is 4.98 Å². The molecule has 1 aliphatic rings. The number of rotatable bonds is 6. The highest BCUT2D eigenvalue weighted by molar-refractivity contribution is 6.34. The fourth-order valence-corrected chi connectivity index (χ4v) is 4.13. The van der Waals surface area contributed by atoms with Gasteiger partial charge in [-0.1, -0.05) is 23.2 Å². The van der Waals surface area contributed by atoms with Gasteiger partial charge in [0.15, 0.2) is 0 Å². The molecule has 5 nitrogen and oxygen atoms in total. The first-order chi connectivity index (χ1) is 12.9. The van der Waals surface area contributed by atoms with Crippen LogP contribution in [0.3, 0.4) is 0 Å². The lowest BCUT2D eigenvalue weighted by molar-refractivity contribution is 0.352. The van der Waals surface area contributed by atoms with Crippen LogP contribution in [0.15, 0.2) is 24.4 Å². The summed E-state index contributed by atoms with van der Waals surface area (Å²) in [5.74, 6) is 1.68. The van der Waals surface area contributed by atoms with Gasteiger partial charge in [0.2, 0.25) is 5.95 Å². The average molecular weight is 408 g/mol. The molecule has 146 valence electrons. The maximum Gasteiger partial charge on any atom is 0.224 e. The van der Waals surface area contributed by atoms with E-state index >= 15 is 0 Å². The zero-order valence-electron chi connectivity index (χ0n) is 16.1. The van der Waals surface area contributed by atoms with Gasteiger partial charge < -0.3 is 15.5 Å². The first kappa shape index (κ1) is 20.2. The molecule has 7 heteroatoms. The number of aryl methyl sites for hydroxylation is 1. The van der Waals surface area contributed by atoms with Crippen molar-refractivity contribution in [2.75, 3.05) is 24.3 Å². The van der Waals surface area contributed by atoms with Crippen LogP contribution in [0.25, 0.3) is 0 Å². The molecule has 0 bridgehead atoms. The second-order valence-corrected chi connectivity index (χ2v) is 8.32. The van der Waals surface area contributed by atoms with Crippen LogP contribution in [-0.4, -0.2) is 36.1 Å². The Hall–Kier alpha value is -1.56. The van der Waals surface area contributed by atoms with Gasteiger partial charge in [-0.15, -0.1) is 0 Å². The summed E-state index contributed by atoms with van der Waals surface area (Å²) in [6, 6.07) is 6.62. The van der Waals surface area contributed by atoms with Crippen molar-refractivity contribution in [1.82, 2.24) is 15.3 Å². The summed E-state index contributed by atoms with van der Waals surface area (Å²) in [4.78, 5) is 11.1. The van der Waals surface area contributed by atoms with E-state index in [0.29, 0.717) is 28.1 Å². The van der Waals surface area contributed by atoms with Crippen LogP contribution in [0, 0.1) is 6.92 Å². The van der Waals surface area contributed by atoms with Crippen molar-refractivity contribution < 1.29 is 0 Å². The zero-order valence-corrected chi connectivity index (χ0v) is 17.6. The molecule has 1 aliphatic carbocycles. The summed E-state index contributed by atoms with van der Waals surface area (Å²) in [5.41, 5.74) is 2.21. The summed E-state index contributed by atoms with van der Waals surface area (Å²) < 4.78 is 0. The molecule has 0 aliphatic heterocycles. The Morgan fingerprint density at radius 2 is 1.67 bits per heavy atom. The molecule has 1 fully saturated rings. The monoisotopic (exact) mass is 407 g/mol. The summed E-state index contributed by atoms with van der Waals surface area (Å²) in [6.45, 7) is 2.82. The van der Waals surface area contributed by atoms with E-state index in [1.54, 1.807) is 6.07 Å². The molecule has 27 heavy (non-hydrogen) atoms. The predicted octanol–water partition coefficient (Wildman–Crippen LogP) is 4.67. The number of hydrogen-bond acceptors (Lipinski definition) is 5. The number of aromatic nitrogens is 2. The van der Waals surface area contributed by atoms with E-state index in [4.69, 9.17) is 23.2 Å². The van der Waals surface area contributed by atoms with E-state index in [1.165, 1.54) is 0 Å². The summed E-state index contributed by atoms with van der Waals surface area (Å²) >= 11 is 12.1. The highest BCUT2D eigenvalue weighted by Crippen LogP contribution is 2.24. The van der Waals surface area contributed by atoms with Crippen molar-refractivity contribution in [2.24, 2.45) is 0 Å².